The van der Waals surface area contributed by atoms with Gasteiger partial charge in [0.25, 0.3) is 5.91 Å². The molecule has 4 rings (SSSR count). The maximum atomic E-state index is 12.9. The number of amides is 1. The molecule has 1 amide bonds. The highest BCUT2D eigenvalue weighted by Gasteiger charge is 2.28. The molecule has 0 radical (unpaired) electrons. The summed E-state index contributed by atoms with van der Waals surface area (Å²) >= 11 is 0. The Bertz CT molecular complexity index is 1280. The molecule has 0 aromatic heterocycles. The van der Waals surface area contributed by atoms with Gasteiger partial charge >= 0.3 is 0 Å². The van der Waals surface area contributed by atoms with Crippen LogP contribution in [0.25, 0.3) is 0 Å². The van der Waals surface area contributed by atoms with Crippen LogP contribution >= 0.6 is 0 Å². The molecule has 6 nitrogen and oxygen atoms in total. The van der Waals surface area contributed by atoms with Gasteiger partial charge in [-0.3, -0.25) is 9.69 Å². The lowest BCUT2D eigenvalue weighted by atomic mass is 10.1. The lowest BCUT2D eigenvalue weighted by Gasteiger charge is -2.34. The first-order valence-corrected chi connectivity index (χ1v) is 12.9. The Morgan fingerprint density at radius 1 is 0.853 bits per heavy atom. The van der Waals surface area contributed by atoms with Crippen molar-refractivity contribution in [3.63, 3.8) is 0 Å². The lowest BCUT2D eigenvalue weighted by Crippen LogP contribution is -2.48. The Hall–Kier alpha value is -3.00. The van der Waals surface area contributed by atoms with E-state index in [0.29, 0.717) is 43.2 Å². The van der Waals surface area contributed by atoms with Crippen LogP contribution in [0, 0.1) is 20.8 Å². The van der Waals surface area contributed by atoms with Crippen molar-refractivity contribution in [3.8, 4) is 0 Å². The highest BCUT2D eigenvalue weighted by atomic mass is 32.2. The van der Waals surface area contributed by atoms with Crippen molar-refractivity contribution < 1.29 is 13.2 Å². The summed E-state index contributed by atoms with van der Waals surface area (Å²) in [6.07, 6.45) is 0. The summed E-state index contributed by atoms with van der Waals surface area (Å²) in [6, 6.07) is 20.6. The van der Waals surface area contributed by atoms with E-state index in [0.717, 1.165) is 27.9 Å². The number of nitrogens with one attached hydrogen (secondary N) is 1. The number of hydrogen-bond acceptors (Lipinski definition) is 4. The SMILES string of the molecule is Cc1ccc(S(=O)(=O)N2CCN(Cc3cccc(C(=O)Nc4cc(C)ccc4C)c3)CC2)cc1. The molecule has 3 aromatic carbocycles. The number of aryl methyl sites for hydroxylation is 3. The number of piperazine rings is 1. The van der Waals surface area contributed by atoms with Crippen molar-refractivity contribution >= 4 is 21.6 Å². The van der Waals surface area contributed by atoms with Crippen molar-refractivity contribution in [3.05, 3.63) is 94.5 Å². The average molecular weight is 478 g/mol. The summed E-state index contributed by atoms with van der Waals surface area (Å²) < 4.78 is 27.4. The van der Waals surface area contributed by atoms with Crippen molar-refractivity contribution in [2.24, 2.45) is 0 Å². The summed E-state index contributed by atoms with van der Waals surface area (Å²) in [5.74, 6) is -0.135. The van der Waals surface area contributed by atoms with Gasteiger partial charge in [-0.1, -0.05) is 42.0 Å². The smallest absolute Gasteiger partial charge is 0.255 e. The molecule has 1 aliphatic heterocycles. The van der Waals surface area contributed by atoms with Gasteiger partial charge in [0, 0.05) is 44.0 Å². The zero-order valence-corrected chi connectivity index (χ0v) is 20.7. The van der Waals surface area contributed by atoms with E-state index >= 15 is 0 Å². The number of carbonyl (C=O) groups excluding carboxylic acids is 1. The van der Waals surface area contributed by atoms with Crippen LogP contribution in [-0.2, 0) is 16.6 Å². The fourth-order valence-corrected chi connectivity index (χ4v) is 5.54. The zero-order chi connectivity index (χ0) is 24.3. The van der Waals surface area contributed by atoms with Gasteiger partial charge in [-0.2, -0.15) is 4.31 Å². The molecule has 0 unspecified atom stereocenters. The Morgan fingerprint density at radius 2 is 1.53 bits per heavy atom. The third-order valence-corrected chi connectivity index (χ3v) is 8.14. The summed E-state index contributed by atoms with van der Waals surface area (Å²) in [5, 5.41) is 3.01. The molecule has 1 aliphatic rings. The van der Waals surface area contributed by atoms with Gasteiger partial charge in [0.2, 0.25) is 10.0 Å². The second kappa shape index (κ2) is 10.1. The molecule has 0 atom stereocenters. The first kappa shape index (κ1) is 24.1. The molecule has 1 heterocycles. The van der Waals surface area contributed by atoms with Gasteiger partial charge in [0.1, 0.15) is 0 Å². The van der Waals surface area contributed by atoms with Crippen LogP contribution in [0.1, 0.15) is 32.6 Å². The van der Waals surface area contributed by atoms with Gasteiger partial charge in [0.05, 0.1) is 4.90 Å². The van der Waals surface area contributed by atoms with E-state index in [1.165, 1.54) is 0 Å². The highest BCUT2D eigenvalue weighted by Crippen LogP contribution is 2.20. The van der Waals surface area contributed by atoms with Gasteiger partial charge < -0.3 is 5.32 Å². The molecule has 1 N–H and O–H groups in total. The van der Waals surface area contributed by atoms with E-state index in [2.05, 4.69) is 10.2 Å². The summed E-state index contributed by atoms with van der Waals surface area (Å²) in [5.41, 5.74) is 5.62. The van der Waals surface area contributed by atoms with Gasteiger partial charge in [-0.05, 0) is 67.8 Å². The largest absolute Gasteiger partial charge is 0.322 e. The predicted octanol–water partition coefficient (Wildman–Crippen LogP) is 4.37. The summed E-state index contributed by atoms with van der Waals surface area (Å²) in [7, 11) is -3.48. The predicted molar refractivity (Wildman–Crippen MR) is 136 cm³/mol. The number of rotatable bonds is 6. The molecule has 3 aromatic rings. The van der Waals surface area contributed by atoms with E-state index in [1.807, 2.05) is 75.4 Å². The Labute approximate surface area is 202 Å². The average Bonchev–Trinajstić information content (AvgIpc) is 2.82. The quantitative estimate of drug-likeness (QED) is 0.572. The number of benzene rings is 3. The number of nitrogens with zero attached hydrogens (tertiary/aromatic N) is 2. The Kier molecular flexibility index (Phi) is 7.16. The molecule has 0 spiro atoms. The topological polar surface area (TPSA) is 69.7 Å². The number of carbonyl (C=O) groups is 1. The van der Waals surface area contributed by atoms with Crippen LogP contribution in [0.3, 0.4) is 0 Å². The minimum absolute atomic E-state index is 0.135. The standard InChI is InChI=1S/C27H31N3O3S/c1-20-8-11-25(12-9-20)34(32,33)30-15-13-29(14-16-30)19-23-5-4-6-24(18-23)27(31)28-26-17-21(2)7-10-22(26)3/h4-12,17-18H,13-16,19H2,1-3H3,(H,28,31). The van der Waals surface area contributed by atoms with Crippen LogP contribution < -0.4 is 5.32 Å². The van der Waals surface area contributed by atoms with E-state index in [9.17, 15) is 13.2 Å². The van der Waals surface area contributed by atoms with Crippen LogP contribution in [0.2, 0.25) is 0 Å². The minimum Gasteiger partial charge on any atom is -0.322 e. The van der Waals surface area contributed by atoms with E-state index in [1.54, 1.807) is 16.4 Å². The monoisotopic (exact) mass is 477 g/mol. The third kappa shape index (κ3) is 5.55. The van der Waals surface area contributed by atoms with Gasteiger partial charge in [-0.25, -0.2) is 8.42 Å². The van der Waals surface area contributed by atoms with Crippen molar-refractivity contribution in [2.45, 2.75) is 32.2 Å². The first-order chi connectivity index (χ1) is 16.2. The Balaban J connectivity index is 1.37. The van der Waals surface area contributed by atoms with E-state index in [-0.39, 0.29) is 5.91 Å². The molecule has 1 fully saturated rings. The van der Waals surface area contributed by atoms with E-state index in [4.69, 9.17) is 0 Å². The Morgan fingerprint density at radius 3 is 2.24 bits per heavy atom. The summed E-state index contributed by atoms with van der Waals surface area (Å²) in [6.45, 7) is 8.77. The molecule has 178 valence electrons. The molecule has 7 heteroatoms. The minimum atomic E-state index is -3.48. The fourth-order valence-electron chi connectivity index (χ4n) is 4.12. The highest BCUT2D eigenvalue weighted by molar-refractivity contribution is 7.89. The number of hydrogen-bond donors (Lipinski definition) is 1. The maximum Gasteiger partial charge on any atom is 0.255 e. The number of anilines is 1. The molecule has 1 saturated heterocycles. The molecule has 0 bridgehead atoms. The first-order valence-electron chi connectivity index (χ1n) is 11.5. The number of sulfonamides is 1. The fraction of sp³-hybridized carbons (Fsp3) is 0.296. The maximum absolute atomic E-state index is 12.9. The molecular weight excluding hydrogens is 446 g/mol. The second-order valence-corrected chi connectivity index (χ2v) is 10.9. The van der Waals surface area contributed by atoms with Crippen LogP contribution in [-0.4, -0.2) is 49.7 Å². The van der Waals surface area contributed by atoms with Crippen LogP contribution in [0.5, 0.6) is 0 Å². The van der Waals surface area contributed by atoms with Crippen molar-refractivity contribution in [1.82, 2.24) is 9.21 Å². The van der Waals surface area contributed by atoms with Crippen molar-refractivity contribution in [2.75, 3.05) is 31.5 Å². The van der Waals surface area contributed by atoms with Crippen molar-refractivity contribution in [1.29, 1.82) is 0 Å². The normalized spacial score (nSPS) is 15.3. The molecule has 0 aliphatic carbocycles. The summed E-state index contributed by atoms with van der Waals surface area (Å²) in [4.78, 5) is 15.4. The molecule has 0 saturated carbocycles. The second-order valence-electron chi connectivity index (χ2n) is 8.97. The molecular formula is C27H31N3O3S. The van der Waals surface area contributed by atoms with Gasteiger partial charge in [0.15, 0.2) is 0 Å². The zero-order valence-electron chi connectivity index (χ0n) is 19.9. The van der Waals surface area contributed by atoms with Crippen LogP contribution in [0.15, 0.2) is 71.6 Å². The molecule has 34 heavy (non-hydrogen) atoms. The van der Waals surface area contributed by atoms with Crippen LogP contribution in [0.4, 0.5) is 5.69 Å². The van der Waals surface area contributed by atoms with E-state index < -0.39 is 10.0 Å². The third-order valence-electron chi connectivity index (χ3n) is 6.23. The van der Waals surface area contributed by atoms with Gasteiger partial charge in [-0.15, -0.1) is 0 Å². The lowest BCUT2D eigenvalue weighted by molar-refractivity contribution is 0.102.